The average Bonchev–Trinajstić information content (AvgIpc) is 2.35. The number of hydrogen-bond donors (Lipinski definition) is 1. The first kappa shape index (κ1) is 16.2. The molecule has 1 rings (SSSR count). The van der Waals surface area contributed by atoms with Crippen molar-refractivity contribution in [3.8, 4) is 0 Å². The Labute approximate surface area is 116 Å². The number of Topliss-reactive ketones (excluding diaryl/α,β-unsaturated/α-hetero) is 1. The lowest BCUT2D eigenvalue weighted by Gasteiger charge is -2.37. The molecule has 1 saturated carbocycles. The van der Waals surface area contributed by atoms with E-state index in [2.05, 4.69) is 20.8 Å². The molecular weight excluding hydrogens is 240 g/mol. The fraction of sp³-hybridized carbons (Fsp3) is 0.875. The molecule has 0 saturated heterocycles. The average molecular weight is 268 g/mol. The van der Waals surface area contributed by atoms with Gasteiger partial charge in [0.1, 0.15) is 5.78 Å². The van der Waals surface area contributed by atoms with E-state index in [1.165, 1.54) is 0 Å². The van der Waals surface area contributed by atoms with Crippen LogP contribution in [0.15, 0.2) is 0 Å². The van der Waals surface area contributed by atoms with E-state index in [-0.39, 0.29) is 17.6 Å². The van der Waals surface area contributed by atoms with Gasteiger partial charge in [0.15, 0.2) is 0 Å². The molecular formula is C16H28O3. The van der Waals surface area contributed by atoms with Gasteiger partial charge in [-0.15, -0.1) is 0 Å². The molecule has 0 heterocycles. The van der Waals surface area contributed by atoms with Crippen LogP contribution in [0.3, 0.4) is 0 Å². The molecule has 19 heavy (non-hydrogen) atoms. The summed E-state index contributed by atoms with van der Waals surface area (Å²) in [6.45, 7) is 10.2. The fourth-order valence-corrected chi connectivity index (χ4v) is 3.08. The third kappa shape index (κ3) is 4.05. The van der Waals surface area contributed by atoms with Crippen LogP contribution in [0.5, 0.6) is 0 Å². The van der Waals surface area contributed by atoms with Crippen LogP contribution in [0, 0.1) is 29.1 Å². The summed E-state index contributed by atoms with van der Waals surface area (Å²) in [5, 5.41) is 9.00. The molecule has 1 N–H and O–H groups in total. The molecule has 1 aliphatic rings. The van der Waals surface area contributed by atoms with Gasteiger partial charge in [-0.2, -0.15) is 0 Å². The van der Waals surface area contributed by atoms with Gasteiger partial charge in [0.25, 0.3) is 0 Å². The first-order chi connectivity index (χ1) is 8.64. The number of carboxylic acid groups (broad SMARTS) is 1. The SMILES string of the molecule is CC(C(=O)O)C(C)C(=O)C1CCC(C(C)(C)C)CC1. The molecule has 110 valence electrons. The minimum absolute atomic E-state index is 0.0791. The largest absolute Gasteiger partial charge is 0.481 e. The Morgan fingerprint density at radius 3 is 1.84 bits per heavy atom. The minimum atomic E-state index is -0.871. The van der Waals surface area contributed by atoms with Gasteiger partial charge in [0.2, 0.25) is 0 Å². The fourth-order valence-electron chi connectivity index (χ4n) is 3.08. The van der Waals surface area contributed by atoms with Crippen molar-refractivity contribution in [1.29, 1.82) is 0 Å². The Morgan fingerprint density at radius 1 is 1.00 bits per heavy atom. The Morgan fingerprint density at radius 2 is 1.47 bits per heavy atom. The topological polar surface area (TPSA) is 54.4 Å². The molecule has 0 aromatic rings. The lowest BCUT2D eigenvalue weighted by atomic mass is 9.68. The van der Waals surface area contributed by atoms with Crippen molar-refractivity contribution in [1.82, 2.24) is 0 Å². The Bertz CT molecular complexity index is 332. The van der Waals surface area contributed by atoms with Gasteiger partial charge >= 0.3 is 5.97 Å². The maximum Gasteiger partial charge on any atom is 0.306 e. The lowest BCUT2D eigenvalue weighted by molar-refractivity contribution is -0.146. The summed E-state index contributed by atoms with van der Waals surface area (Å²) in [6.07, 6.45) is 4.04. The number of carbonyl (C=O) groups is 2. The van der Waals surface area contributed by atoms with Gasteiger partial charge in [-0.05, 0) is 37.0 Å². The van der Waals surface area contributed by atoms with E-state index in [4.69, 9.17) is 5.11 Å². The predicted octanol–water partition coefficient (Wildman–Crippen LogP) is 3.76. The Hall–Kier alpha value is -0.860. The van der Waals surface area contributed by atoms with Crippen molar-refractivity contribution < 1.29 is 14.7 Å². The third-order valence-corrected chi connectivity index (χ3v) is 4.94. The van der Waals surface area contributed by atoms with Crippen molar-refractivity contribution in [2.75, 3.05) is 0 Å². The zero-order valence-electron chi connectivity index (χ0n) is 12.9. The molecule has 0 radical (unpaired) electrons. The van der Waals surface area contributed by atoms with E-state index in [0.29, 0.717) is 11.3 Å². The smallest absolute Gasteiger partial charge is 0.306 e. The molecule has 0 bridgehead atoms. The second-order valence-corrected chi connectivity index (χ2v) is 7.23. The van der Waals surface area contributed by atoms with Gasteiger partial charge in [0.05, 0.1) is 5.92 Å². The molecule has 1 fully saturated rings. The van der Waals surface area contributed by atoms with Gasteiger partial charge in [-0.1, -0.05) is 34.6 Å². The standard InChI is InChI=1S/C16H28O3/c1-10(11(2)15(18)19)14(17)12-6-8-13(9-7-12)16(3,4)5/h10-13H,6-9H2,1-5H3,(H,18,19). The highest BCUT2D eigenvalue weighted by molar-refractivity contribution is 5.87. The number of hydrogen-bond acceptors (Lipinski definition) is 2. The Kier molecular flexibility index (Phi) is 5.17. The zero-order valence-corrected chi connectivity index (χ0v) is 12.9. The second-order valence-electron chi connectivity index (χ2n) is 7.23. The normalized spacial score (nSPS) is 27.6. The molecule has 2 atom stereocenters. The van der Waals surface area contributed by atoms with Crippen LogP contribution in [0.4, 0.5) is 0 Å². The number of rotatable bonds is 4. The number of carbonyl (C=O) groups excluding carboxylic acids is 1. The number of aliphatic carboxylic acids is 1. The third-order valence-electron chi connectivity index (χ3n) is 4.94. The van der Waals surface area contributed by atoms with Crippen LogP contribution in [0.2, 0.25) is 0 Å². The molecule has 1 aliphatic carbocycles. The summed E-state index contributed by atoms with van der Waals surface area (Å²) in [6, 6.07) is 0. The minimum Gasteiger partial charge on any atom is -0.481 e. The molecule has 3 nitrogen and oxygen atoms in total. The van der Waals surface area contributed by atoms with E-state index < -0.39 is 11.9 Å². The predicted molar refractivity (Wildman–Crippen MR) is 75.9 cm³/mol. The summed E-state index contributed by atoms with van der Waals surface area (Å²) in [5.74, 6) is -0.896. The zero-order chi connectivity index (χ0) is 14.8. The van der Waals surface area contributed by atoms with Crippen LogP contribution in [-0.2, 0) is 9.59 Å². The van der Waals surface area contributed by atoms with Crippen molar-refractivity contribution in [2.45, 2.75) is 60.3 Å². The highest BCUT2D eigenvalue weighted by Crippen LogP contribution is 2.40. The summed E-state index contributed by atoms with van der Waals surface area (Å²) in [4.78, 5) is 23.3. The second kappa shape index (κ2) is 6.06. The molecule has 0 spiro atoms. The van der Waals surface area contributed by atoms with Gasteiger partial charge in [0, 0.05) is 11.8 Å². The summed E-state index contributed by atoms with van der Waals surface area (Å²) >= 11 is 0. The van der Waals surface area contributed by atoms with Crippen molar-refractivity contribution in [3.05, 3.63) is 0 Å². The molecule has 0 amide bonds. The maximum atomic E-state index is 12.3. The van der Waals surface area contributed by atoms with E-state index in [1.54, 1.807) is 13.8 Å². The van der Waals surface area contributed by atoms with Crippen LogP contribution < -0.4 is 0 Å². The van der Waals surface area contributed by atoms with Crippen LogP contribution >= 0.6 is 0 Å². The van der Waals surface area contributed by atoms with Crippen molar-refractivity contribution >= 4 is 11.8 Å². The quantitative estimate of drug-likeness (QED) is 0.844. The molecule has 0 aromatic carbocycles. The van der Waals surface area contributed by atoms with Crippen LogP contribution in [0.1, 0.15) is 60.3 Å². The van der Waals surface area contributed by atoms with Gasteiger partial charge in [-0.25, -0.2) is 0 Å². The van der Waals surface area contributed by atoms with Crippen LogP contribution in [-0.4, -0.2) is 16.9 Å². The first-order valence-electron chi connectivity index (χ1n) is 7.41. The number of ketones is 1. The van der Waals surface area contributed by atoms with Crippen molar-refractivity contribution in [3.63, 3.8) is 0 Å². The van der Waals surface area contributed by atoms with E-state index >= 15 is 0 Å². The maximum absolute atomic E-state index is 12.3. The monoisotopic (exact) mass is 268 g/mol. The van der Waals surface area contributed by atoms with Gasteiger partial charge in [-0.3, -0.25) is 9.59 Å². The molecule has 3 heteroatoms. The summed E-state index contributed by atoms with van der Waals surface area (Å²) < 4.78 is 0. The van der Waals surface area contributed by atoms with Crippen molar-refractivity contribution in [2.24, 2.45) is 29.1 Å². The van der Waals surface area contributed by atoms with Gasteiger partial charge < -0.3 is 5.11 Å². The Balaban J connectivity index is 2.56. The molecule has 0 aromatic heterocycles. The molecule has 2 unspecified atom stereocenters. The van der Waals surface area contributed by atoms with Crippen LogP contribution in [0.25, 0.3) is 0 Å². The highest BCUT2D eigenvalue weighted by atomic mass is 16.4. The lowest BCUT2D eigenvalue weighted by Crippen LogP contribution is -2.34. The number of carboxylic acids is 1. The van der Waals surface area contributed by atoms with E-state index in [0.717, 1.165) is 25.7 Å². The van der Waals surface area contributed by atoms with E-state index in [1.807, 2.05) is 0 Å². The summed E-state index contributed by atoms with van der Waals surface area (Å²) in [7, 11) is 0. The molecule has 0 aliphatic heterocycles. The highest BCUT2D eigenvalue weighted by Gasteiger charge is 2.36. The summed E-state index contributed by atoms with van der Waals surface area (Å²) in [5.41, 5.74) is 0.313. The van der Waals surface area contributed by atoms with E-state index in [9.17, 15) is 9.59 Å². The first-order valence-corrected chi connectivity index (χ1v) is 7.41.